The van der Waals surface area contributed by atoms with Gasteiger partial charge in [0.05, 0.1) is 0 Å². The molecule has 1 rings (SSSR count). The van der Waals surface area contributed by atoms with Crippen LogP contribution in [-0.2, 0) is 11.2 Å². The van der Waals surface area contributed by atoms with Crippen molar-refractivity contribution in [3.63, 3.8) is 0 Å². The van der Waals surface area contributed by atoms with Crippen molar-refractivity contribution in [2.24, 2.45) is 0 Å². The summed E-state index contributed by atoms with van der Waals surface area (Å²) in [4.78, 5) is 10.4. The average Bonchev–Trinajstić information content (AvgIpc) is 2.43. The molecule has 1 aromatic heterocycles. The van der Waals surface area contributed by atoms with Gasteiger partial charge in [-0.15, -0.1) is 0 Å². The fourth-order valence-corrected chi connectivity index (χ4v) is 1.37. The van der Waals surface area contributed by atoms with Crippen LogP contribution in [0.1, 0.15) is 37.4 Å². The molecule has 0 amide bonds. The van der Waals surface area contributed by atoms with Crippen molar-refractivity contribution in [2.45, 2.75) is 32.6 Å². The molecule has 0 bridgehead atoms. The number of aliphatic carboxylic acids is 1. The molecule has 0 spiro atoms. The number of nitrogens with one attached hydrogen (secondary N) is 1. The van der Waals surface area contributed by atoms with E-state index in [4.69, 9.17) is 10.8 Å². The molecular weight excluding hydrogens is 182 g/mol. The first-order valence-electron chi connectivity index (χ1n) is 4.56. The number of carboxylic acids is 1. The number of carbonyl (C=O) groups is 1. The normalized spacial score (nSPS) is 10.8. The highest BCUT2D eigenvalue weighted by molar-refractivity contribution is 5.67. The molecule has 0 atom stereocenters. The van der Waals surface area contributed by atoms with Crippen molar-refractivity contribution in [2.75, 3.05) is 5.73 Å². The fraction of sp³-hybridized carbons (Fsp3) is 0.556. The van der Waals surface area contributed by atoms with E-state index in [1.807, 2.05) is 13.8 Å². The molecule has 0 saturated carbocycles. The second kappa shape index (κ2) is 4.13. The van der Waals surface area contributed by atoms with Crippen LogP contribution in [0, 0.1) is 0 Å². The standard InChI is InChI=1S/C9H15N3O2/c1-5(2)8-6(3-4-7(13)14)9(10)12-11-8/h5H,3-4H2,1-2H3,(H,13,14)(H3,10,11,12). The van der Waals surface area contributed by atoms with E-state index in [2.05, 4.69) is 10.2 Å². The number of H-pyrrole nitrogens is 1. The number of nitrogen functional groups attached to an aromatic ring is 1. The van der Waals surface area contributed by atoms with E-state index in [9.17, 15) is 4.79 Å². The van der Waals surface area contributed by atoms with Crippen LogP contribution in [0.2, 0.25) is 0 Å². The lowest BCUT2D eigenvalue weighted by molar-refractivity contribution is -0.136. The van der Waals surface area contributed by atoms with Crippen molar-refractivity contribution in [3.05, 3.63) is 11.3 Å². The third-order valence-corrected chi connectivity index (χ3v) is 2.10. The third-order valence-electron chi connectivity index (χ3n) is 2.10. The molecule has 0 saturated heterocycles. The highest BCUT2D eigenvalue weighted by Crippen LogP contribution is 2.22. The maximum atomic E-state index is 10.4. The summed E-state index contributed by atoms with van der Waals surface area (Å²) in [6, 6.07) is 0. The number of nitrogens with two attached hydrogens (primary N) is 1. The fourth-order valence-electron chi connectivity index (χ4n) is 1.37. The van der Waals surface area contributed by atoms with Gasteiger partial charge in [-0.25, -0.2) is 0 Å². The molecule has 0 aliphatic rings. The quantitative estimate of drug-likeness (QED) is 0.674. The lowest BCUT2D eigenvalue weighted by Crippen LogP contribution is -2.02. The Hall–Kier alpha value is -1.52. The predicted molar refractivity (Wildman–Crippen MR) is 53.0 cm³/mol. The number of rotatable bonds is 4. The summed E-state index contributed by atoms with van der Waals surface area (Å²) in [7, 11) is 0. The zero-order valence-corrected chi connectivity index (χ0v) is 8.37. The molecule has 1 heterocycles. The third kappa shape index (κ3) is 2.25. The van der Waals surface area contributed by atoms with Gasteiger partial charge >= 0.3 is 5.97 Å². The van der Waals surface area contributed by atoms with Crippen LogP contribution in [0.4, 0.5) is 5.82 Å². The summed E-state index contributed by atoms with van der Waals surface area (Å²) < 4.78 is 0. The SMILES string of the molecule is CC(C)c1[nH]nc(N)c1CCC(=O)O. The highest BCUT2D eigenvalue weighted by Gasteiger charge is 2.14. The van der Waals surface area contributed by atoms with E-state index >= 15 is 0 Å². The van der Waals surface area contributed by atoms with Crippen LogP contribution in [-0.4, -0.2) is 21.3 Å². The molecule has 0 aromatic carbocycles. The molecule has 0 aliphatic heterocycles. The van der Waals surface area contributed by atoms with Gasteiger partial charge in [0.15, 0.2) is 0 Å². The molecule has 1 aromatic rings. The average molecular weight is 197 g/mol. The van der Waals surface area contributed by atoms with E-state index in [1.54, 1.807) is 0 Å². The Morgan fingerprint density at radius 3 is 2.79 bits per heavy atom. The molecule has 0 fully saturated rings. The van der Waals surface area contributed by atoms with Gasteiger partial charge in [-0.3, -0.25) is 9.89 Å². The molecule has 78 valence electrons. The molecule has 5 nitrogen and oxygen atoms in total. The van der Waals surface area contributed by atoms with Crippen LogP contribution < -0.4 is 5.73 Å². The van der Waals surface area contributed by atoms with Crippen LogP contribution >= 0.6 is 0 Å². The van der Waals surface area contributed by atoms with E-state index in [0.29, 0.717) is 12.2 Å². The van der Waals surface area contributed by atoms with E-state index in [-0.39, 0.29) is 12.3 Å². The Labute approximate surface area is 82.3 Å². The largest absolute Gasteiger partial charge is 0.481 e. The minimum Gasteiger partial charge on any atom is -0.481 e. The van der Waals surface area contributed by atoms with Gasteiger partial charge in [0.2, 0.25) is 0 Å². The summed E-state index contributed by atoms with van der Waals surface area (Å²) in [5.41, 5.74) is 7.40. The molecule has 0 aliphatic carbocycles. The Bertz CT molecular complexity index is 331. The van der Waals surface area contributed by atoms with Crippen LogP contribution in [0.3, 0.4) is 0 Å². The van der Waals surface area contributed by atoms with Crippen molar-refractivity contribution in [3.8, 4) is 0 Å². The first-order chi connectivity index (χ1) is 6.52. The number of aromatic amines is 1. The molecule has 4 N–H and O–H groups in total. The van der Waals surface area contributed by atoms with Gasteiger partial charge in [0, 0.05) is 17.7 Å². The summed E-state index contributed by atoms with van der Waals surface area (Å²) in [5.74, 6) is -0.126. The zero-order chi connectivity index (χ0) is 10.7. The van der Waals surface area contributed by atoms with E-state index in [1.165, 1.54) is 0 Å². The lowest BCUT2D eigenvalue weighted by atomic mass is 10.0. The molecule has 0 unspecified atom stereocenters. The molecule has 0 radical (unpaired) electrons. The van der Waals surface area contributed by atoms with Crippen LogP contribution in [0.5, 0.6) is 0 Å². The zero-order valence-electron chi connectivity index (χ0n) is 8.37. The molecule has 14 heavy (non-hydrogen) atoms. The minimum atomic E-state index is -0.819. The number of nitrogens with zero attached hydrogens (tertiary/aromatic N) is 1. The number of carboxylic acid groups (broad SMARTS) is 1. The molecule has 5 heteroatoms. The number of anilines is 1. The summed E-state index contributed by atoms with van der Waals surface area (Å²) in [5, 5.41) is 15.3. The number of aromatic nitrogens is 2. The number of hydrogen-bond donors (Lipinski definition) is 3. The monoisotopic (exact) mass is 197 g/mol. The maximum Gasteiger partial charge on any atom is 0.303 e. The number of hydrogen-bond acceptors (Lipinski definition) is 3. The lowest BCUT2D eigenvalue weighted by Gasteiger charge is -2.05. The Kier molecular flexibility index (Phi) is 3.11. The van der Waals surface area contributed by atoms with Gasteiger partial charge in [0.1, 0.15) is 5.82 Å². The Morgan fingerprint density at radius 2 is 2.29 bits per heavy atom. The first-order valence-corrected chi connectivity index (χ1v) is 4.56. The van der Waals surface area contributed by atoms with E-state index in [0.717, 1.165) is 11.3 Å². The van der Waals surface area contributed by atoms with Gasteiger partial charge in [-0.05, 0) is 12.3 Å². The van der Waals surface area contributed by atoms with Gasteiger partial charge in [-0.2, -0.15) is 5.10 Å². The smallest absolute Gasteiger partial charge is 0.303 e. The second-order valence-electron chi connectivity index (χ2n) is 3.55. The first kappa shape index (κ1) is 10.6. The maximum absolute atomic E-state index is 10.4. The van der Waals surface area contributed by atoms with Gasteiger partial charge in [0.25, 0.3) is 0 Å². The predicted octanol–water partition coefficient (Wildman–Crippen LogP) is 1.13. The van der Waals surface area contributed by atoms with Crippen molar-refractivity contribution >= 4 is 11.8 Å². The van der Waals surface area contributed by atoms with Crippen molar-refractivity contribution in [1.29, 1.82) is 0 Å². The Balaban J connectivity index is 2.82. The second-order valence-corrected chi connectivity index (χ2v) is 3.55. The van der Waals surface area contributed by atoms with Crippen LogP contribution in [0.15, 0.2) is 0 Å². The van der Waals surface area contributed by atoms with E-state index < -0.39 is 5.97 Å². The summed E-state index contributed by atoms with van der Waals surface area (Å²) >= 11 is 0. The summed E-state index contributed by atoms with van der Waals surface area (Å²) in [6.07, 6.45) is 0.522. The van der Waals surface area contributed by atoms with Gasteiger partial charge < -0.3 is 10.8 Å². The topological polar surface area (TPSA) is 92.0 Å². The minimum absolute atomic E-state index is 0.0868. The van der Waals surface area contributed by atoms with Gasteiger partial charge in [-0.1, -0.05) is 13.8 Å². The van der Waals surface area contributed by atoms with Crippen molar-refractivity contribution < 1.29 is 9.90 Å². The highest BCUT2D eigenvalue weighted by atomic mass is 16.4. The van der Waals surface area contributed by atoms with Crippen molar-refractivity contribution in [1.82, 2.24) is 10.2 Å². The van der Waals surface area contributed by atoms with Crippen LogP contribution in [0.25, 0.3) is 0 Å². The Morgan fingerprint density at radius 1 is 1.64 bits per heavy atom. The molecular formula is C9H15N3O2. The summed E-state index contributed by atoms with van der Waals surface area (Å²) in [6.45, 7) is 4.02.